The molecule has 19 heavy (non-hydrogen) atoms. The first-order valence-corrected chi connectivity index (χ1v) is 7.25. The minimum absolute atomic E-state index is 0.113. The summed E-state index contributed by atoms with van der Waals surface area (Å²) in [4.78, 5) is 2.33. The zero-order chi connectivity index (χ0) is 14.0. The van der Waals surface area contributed by atoms with E-state index in [1.165, 1.54) is 0 Å². The third-order valence-electron chi connectivity index (χ3n) is 4.18. The van der Waals surface area contributed by atoms with Crippen LogP contribution in [0.2, 0.25) is 5.02 Å². The van der Waals surface area contributed by atoms with Crippen LogP contribution >= 0.6 is 11.6 Å². The van der Waals surface area contributed by atoms with Gasteiger partial charge in [-0.15, -0.1) is 0 Å². The number of nitrogens with one attached hydrogen (secondary N) is 1. The summed E-state index contributed by atoms with van der Waals surface area (Å²) in [5.41, 5.74) is 0.793. The number of rotatable bonds is 3. The van der Waals surface area contributed by atoms with Gasteiger partial charge in [0.05, 0.1) is 5.02 Å². The van der Waals surface area contributed by atoms with E-state index in [4.69, 9.17) is 11.6 Å². The first kappa shape index (κ1) is 14.8. The highest BCUT2D eigenvalue weighted by molar-refractivity contribution is 6.30. The molecule has 0 amide bonds. The Kier molecular flexibility index (Phi) is 4.49. The molecular formula is C15H22ClFN2. The molecule has 1 aromatic carbocycles. The first-order valence-electron chi connectivity index (χ1n) is 6.87. The predicted molar refractivity (Wildman–Crippen MR) is 78.0 cm³/mol. The zero-order valence-electron chi connectivity index (χ0n) is 11.8. The summed E-state index contributed by atoms with van der Waals surface area (Å²) >= 11 is 5.85. The second-order valence-corrected chi connectivity index (χ2v) is 6.17. The Morgan fingerprint density at radius 3 is 2.95 bits per heavy atom. The average Bonchev–Trinajstić information content (AvgIpc) is 2.39. The smallest absolute Gasteiger partial charge is 0.146 e. The first-order chi connectivity index (χ1) is 8.95. The summed E-state index contributed by atoms with van der Waals surface area (Å²) in [5.74, 6) is -0.284. The molecule has 1 heterocycles. The standard InChI is InChI=1S/C15H22ClFN2/c1-4-15(3)10-19(11(2)8-18-15)9-12-6-5-7-13(16)14(12)17/h5-7,11,18H,4,8-10H2,1-3H3. The molecule has 4 heteroatoms. The van der Waals surface area contributed by atoms with Gasteiger partial charge in [-0.25, -0.2) is 4.39 Å². The van der Waals surface area contributed by atoms with Gasteiger partial charge in [0.25, 0.3) is 0 Å². The molecule has 2 atom stereocenters. The average molecular weight is 285 g/mol. The molecule has 1 aromatic rings. The number of hydrogen-bond donors (Lipinski definition) is 1. The fourth-order valence-electron chi connectivity index (χ4n) is 2.52. The summed E-state index contributed by atoms with van der Waals surface area (Å²) in [6, 6.07) is 5.63. The van der Waals surface area contributed by atoms with Crippen LogP contribution in [0.1, 0.15) is 32.8 Å². The Morgan fingerprint density at radius 2 is 2.26 bits per heavy atom. The van der Waals surface area contributed by atoms with E-state index in [0.29, 0.717) is 18.2 Å². The van der Waals surface area contributed by atoms with Gasteiger partial charge < -0.3 is 5.32 Å². The number of benzene rings is 1. The van der Waals surface area contributed by atoms with Gasteiger partial charge in [0, 0.05) is 36.8 Å². The molecule has 0 radical (unpaired) electrons. The Bertz CT molecular complexity index is 452. The minimum atomic E-state index is -0.284. The van der Waals surface area contributed by atoms with Gasteiger partial charge in [-0.05, 0) is 26.3 Å². The molecule has 0 aromatic heterocycles. The lowest BCUT2D eigenvalue weighted by atomic mass is 9.93. The summed E-state index contributed by atoms with van der Waals surface area (Å²) in [5, 5.41) is 3.78. The topological polar surface area (TPSA) is 15.3 Å². The maximum absolute atomic E-state index is 14.0. The van der Waals surface area contributed by atoms with Gasteiger partial charge >= 0.3 is 0 Å². The lowest BCUT2D eigenvalue weighted by Crippen LogP contribution is -2.61. The third kappa shape index (κ3) is 3.28. The maximum atomic E-state index is 14.0. The van der Waals surface area contributed by atoms with Crippen LogP contribution in [0.15, 0.2) is 18.2 Å². The molecule has 2 rings (SSSR count). The van der Waals surface area contributed by atoms with Crippen molar-refractivity contribution in [1.29, 1.82) is 0 Å². The second-order valence-electron chi connectivity index (χ2n) is 5.76. The van der Waals surface area contributed by atoms with Crippen LogP contribution in [-0.4, -0.2) is 29.6 Å². The molecule has 1 aliphatic heterocycles. The van der Waals surface area contributed by atoms with E-state index in [0.717, 1.165) is 19.5 Å². The van der Waals surface area contributed by atoms with Gasteiger partial charge in [-0.3, -0.25) is 4.90 Å². The van der Waals surface area contributed by atoms with Gasteiger partial charge in [-0.2, -0.15) is 0 Å². The van der Waals surface area contributed by atoms with Crippen molar-refractivity contribution in [3.05, 3.63) is 34.6 Å². The van der Waals surface area contributed by atoms with E-state index in [-0.39, 0.29) is 16.4 Å². The van der Waals surface area contributed by atoms with Gasteiger partial charge in [0.1, 0.15) is 5.82 Å². The summed E-state index contributed by atoms with van der Waals surface area (Å²) in [6.07, 6.45) is 1.06. The van der Waals surface area contributed by atoms with Crippen LogP contribution in [0.3, 0.4) is 0 Å². The predicted octanol–water partition coefficient (Wildman–Crippen LogP) is 3.44. The normalized spacial score (nSPS) is 28.6. The molecule has 2 nitrogen and oxygen atoms in total. The van der Waals surface area contributed by atoms with Crippen LogP contribution in [0.25, 0.3) is 0 Å². The lowest BCUT2D eigenvalue weighted by molar-refractivity contribution is 0.0856. The summed E-state index contributed by atoms with van der Waals surface area (Å²) < 4.78 is 14.0. The zero-order valence-corrected chi connectivity index (χ0v) is 12.6. The molecular weight excluding hydrogens is 263 g/mol. The van der Waals surface area contributed by atoms with Gasteiger partial charge in [0.2, 0.25) is 0 Å². The highest BCUT2D eigenvalue weighted by atomic mass is 35.5. The van der Waals surface area contributed by atoms with E-state index >= 15 is 0 Å². The van der Waals surface area contributed by atoms with Crippen LogP contribution < -0.4 is 5.32 Å². The van der Waals surface area contributed by atoms with Crippen LogP contribution in [-0.2, 0) is 6.54 Å². The Labute approximate surface area is 119 Å². The number of halogens is 2. The molecule has 1 aliphatic rings. The number of piperazine rings is 1. The molecule has 0 spiro atoms. The molecule has 0 aliphatic carbocycles. The van der Waals surface area contributed by atoms with Crippen molar-refractivity contribution < 1.29 is 4.39 Å². The molecule has 1 N–H and O–H groups in total. The molecule has 106 valence electrons. The quantitative estimate of drug-likeness (QED) is 0.915. The van der Waals surface area contributed by atoms with Crippen molar-refractivity contribution >= 4 is 11.6 Å². The molecule has 1 saturated heterocycles. The van der Waals surface area contributed by atoms with E-state index < -0.39 is 0 Å². The van der Waals surface area contributed by atoms with Gasteiger partial charge in [0.15, 0.2) is 0 Å². The SMILES string of the molecule is CCC1(C)CN(Cc2cccc(Cl)c2F)C(C)CN1. The fraction of sp³-hybridized carbons (Fsp3) is 0.600. The monoisotopic (exact) mass is 284 g/mol. The van der Waals surface area contributed by atoms with E-state index in [1.807, 2.05) is 12.1 Å². The van der Waals surface area contributed by atoms with Crippen LogP contribution in [0, 0.1) is 5.82 Å². The lowest BCUT2D eigenvalue weighted by Gasteiger charge is -2.45. The van der Waals surface area contributed by atoms with E-state index in [2.05, 4.69) is 31.0 Å². The molecule has 1 fully saturated rings. The van der Waals surface area contributed by atoms with Crippen molar-refractivity contribution in [2.45, 2.75) is 45.3 Å². The van der Waals surface area contributed by atoms with Crippen molar-refractivity contribution in [2.24, 2.45) is 0 Å². The minimum Gasteiger partial charge on any atom is -0.309 e. The van der Waals surface area contributed by atoms with Crippen molar-refractivity contribution in [2.75, 3.05) is 13.1 Å². The Morgan fingerprint density at radius 1 is 1.53 bits per heavy atom. The highest BCUT2D eigenvalue weighted by Gasteiger charge is 2.32. The number of hydrogen-bond acceptors (Lipinski definition) is 2. The fourth-order valence-corrected chi connectivity index (χ4v) is 2.72. The molecule has 2 unspecified atom stereocenters. The molecule has 0 saturated carbocycles. The van der Waals surface area contributed by atoms with Crippen molar-refractivity contribution in [3.63, 3.8) is 0 Å². The van der Waals surface area contributed by atoms with E-state index in [9.17, 15) is 4.39 Å². The van der Waals surface area contributed by atoms with Crippen LogP contribution in [0.4, 0.5) is 4.39 Å². The molecule has 0 bridgehead atoms. The summed E-state index contributed by atoms with van der Waals surface area (Å²) in [7, 11) is 0. The Balaban J connectivity index is 2.14. The largest absolute Gasteiger partial charge is 0.309 e. The summed E-state index contributed by atoms with van der Waals surface area (Å²) in [6.45, 7) is 9.06. The Hall–Kier alpha value is -0.640. The second kappa shape index (κ2) is 5.78. The van der Waals surface area contributed by atoms with Crippen molar-refractivity contribution in [1.82, 2.24) is 10.2 Å². The van der Waals surface area contributed by atoms with E-state index in [1.54, 1.807) is 6.07 Å². The van der Waals surface area contributed by atoms with Crippen molar-refractivity contribution in [3.8, 4) is 0 Å². The number of nitrogens with zero attached hydrogens (tertiary/aromatic N) is 1. The highest BCUT2D eigenvalue weighted by Crippen LogP contribution is 2.24. The third-order valence-corrected chi connectivity index (χ3v) is 4.48. The van der Waals surface area contributed by atoms with Gasteiger partial charge in [-0.1, -0.05) is 30.7 Å². The van der Waals surface area contributed by atoms with Crippen LogP contribution in [0.5, 0.6) is 0 Å². The maximum Gasteiger partial charge on any atom is 0.146 e.